The van der Waals surface area contributed by atoms with E-state index in [-0.39, 0.29) is 24.1 Å². The Morgan fingerprint density at radius 1 is 1.21 bits per heavy atom. The monoisotopic (exact) mass is 544 g/mol. The second kappa shape index (κ2) is 14.2. The molecule has 0 bridgehead atoms. The highest BCUT2D eigenvalue weighted by atomic mass is 32.1. The molecule has 204 valence electrons. The van der Waals surface area contributed by atoms with Crippen molar-refractivity contribution in [2.45, 2.75) is 39.2 Å². The zero-order valence-corrected chi connectivity index (χ0v) is 22.8. The lowest BCUT2D eigenvalue weighted by Crippen LogP contribution is -2.41. The lowest BCUT2D eigenvalue weighted by molar-refractivity contribution is -0.126. The van der Waals surface area contributed by atoms with Crippen molar-refractivity contribution in [2.24, 2.45) is 5.92 Å². The van der Waals surface area contributed by atoms with E-state index in [4.69, 9.17) is 0 Å². The molecule has 0 saturated carbocycles. The summed E-state index contributed by atoms with van der Waals surface area (Å²) in [6.45, 7) is 5.84. The Bertz CT molecular complexity index is 1160. The number of aromatic nitrogens is 2. The Balaban J connectivity index is 0.000000599. The van der Waals surface area contributed by atoms with Gasteiger partial charge in [0.1, 0.15) is 23.6 Å². The summed E-state index contributed by atoms with van der Waals surface area (Å²) in [6.07, 6.45) is 4.20. The number of likely N-dealkylation sites (tertiary alicyclic amines) is 1. The largest absolute Gasteiger partial charge is 0.374 e. The molecule has 0 radical (unpaired) electrons. The fourth-order valence-corrected chi connectivity index (χ4v) is 4.78. The third-order valence-electron chi connectivity index (χ3n) is 6.08. The average Bonchev–Trinajstić information content (AvgIpc) is 3.40. The van der Waals surface area contributed by atoms with Gasteiger partial charge in [-0.15, -0.1) is 11.3 Å². The van der Waals surface area contributed by atoms with Gasteiger partial charge in [-0.05, 0) is 45.0 Å². The molecule has 1 unspecified atom stereocenters. The molecule has 4 rings (SSSR count). The molecule has 38 heavy (non-hydrogen) atoms. The summed E-state index contributed by atoms with van der Waals surface area (Å²) in [7, 11) is 2.05. The molecule has 1 saturated heterocycles. The number of nitrogens with zero attached hydrogens (tertiary/aromatic N) is 3. The van der Waals surface area contributed by atoms with E-state index < -0.39 is 5.92 Å². The van der Waals surface area contributed by atoms with Crippen LogP contribution in [0.3, 0.4) is 0 Å². The predicted molar refractivity (Wildman–Crippen MR) is 145 cm³/mol. The van der Waals surface area contributed by atoms with E-state index in [1.807, 2.05) is 43.6 Å². The van der Waals surface area contributed by atoms with Crippen molar-refractivity contribution in [3.8, 4) is 22.4 Å². The topological polar surface area (TPSA) is 84.4 Å². The van der Waals surface area contributed by atoms with Gasteiger partial charge >= 0.3 is 0 Å². The molecule has 0 spiro atoms. The van der Waals surface area contributed by atoms with Crippen LogP contribution in [0, 0.1) is 5.92 Å². The van der Waals surface area contributed by atoms with Crippen molar-refractivity contribution in [1.29, 1.82) is 0 Å². The van der Waals surface area contributed by atoms with Crippen molar-refractivity contribution in [3.63, 3.8) is 0 Å². The molecular formula is C28H34F2N4O3S. The molecule has 1 atom stereocenters. The highest BCUT2D eigenvalue weighted by Crippen LogP contribution is 2.29. The zero-order valence-electron chi connectivity index (χ0n) is 22.0. The minimum absolute atomic E-state index is 0.0489. The number of halogens is 2. The summed E-state index contributed by atoms with van der Waals surface area (Å²) in [5.74, 6) is -2.80. The van der Waals surface area contributed by atoms with Gasteiger partial charge in [0.2, 0.25) is 5.91 Å². The van der Waals surface area contributed by atoms with Gasteiger partial charge in [0.25, 0.3) is 5.92 Å². The van der Waals surface area contributed by atoms with Crippen LogP contribution in [0.15, 0.2) is 48.0 Å². The molecule has 2 aromatic heterocycles. The van der Waals surface area contributed by atoms with Crippen molar-refractivity contribution in [3.05, 3.63) is 58.7 Å². The van der Waals surface area contributed by atoms with Crippen molar-refractivity contribution >= 4 is 23.5 Å². The third kappa shape index (κ3) is 8.75. The van der Waals surface area contributed by atoms with E-state index in [0.29, 0.717) is 13.2 Å². The molecule has 7 nitrogen and oxygen atoms in total. The van der Waals surface area contributed by atoms with Crippen LogP contribution in [0.25, 0.3) is 22.4 Å². The molecule has 1 aliphatic rings. The fraction of sp³-hybridized carbons (Fsp3) is 0.429. The number of thiazole rings is 1. The molecule has 1 aliphatic heterocycles. The van der Waals surface area contributed by atoms with E-state index in [1.54, 1.807) is 6.07 Å². The van der Waals surface area contributed by atoms with Crippen LogP contribution in [-0.2, 0) is 26.8 Å². The minimum Gasteiger partial charge on any atom is -0.374 e. The Morgan fingerprint density at radius 2 is 1.92 bits per heavy atom. The van der Waals surface area contributed by atoms with Gasteiger partial charge in [-0.25, -0.2) is 4.98 Å². The zero-order chi connectivity index (χ0) is 27.5. The standard InChI is InChI=1S/C24H26F2N4OS.C4H8O2/c1-24(25,26)21-10-9-18(12-27-21)16-5-7-17(8-6-16)20-15-32-22(29-20)13-28-23(31)19-4-3-11-30(2)14-19;1-2-6-4-3-5/h5-10,12,15,19H,3-4,11,13-14H2,1-2H3,(H,28,31);3H,2,4H2,1H3. The third-order valence-corrected chi connectivity index (χ3v) is 6.93. The summed E-state index contributed by atoms with van der Waals surface area (Å²) in [6, 6.07) is 10.8. The summed E-state index contributed by atoms with van der Waals surface area (Å²) in [5, 5.41) is 5.86. The molecular weight excluding hydrogens is 510 g/mol. The molecule has 1 amide bonds. The first kappa shape index (κ1) is 29.5. The smallest absolute Gasteiger partial charge is 0.286 e. The van der Waals surface area contributed by atoms with Crippen LogP contribution >= 0.6 is 11.3 Å². The maximum absolute atomic E-state index is 13.3. The molecule has 3 aromatic rings. The summed E-state index contributed by atoms with van der Waals surface area (Å²) in [4.78, 5) is 32.6. The number of hydrogen-bond donors (Lipinski definition) is 1. The molecule has 1 fully saturated rings. The fourth-order valence-electron chi connectivity index (χ4n) is 4.04. The van der Waals surface area contributed by atoms with Gasteiger partial charge in [0.05, 0.1) is 18.2 Å². The number of benzene rings is 1. The highest BCUT2D eigenvalue weighted by Gasteiger charge is 2.26. The Hall–Kier alpha value is -3.08. The van der Waals surface area contributed by atoms with Crippen LogP contribution in [-0.4, -0.2) is 60.4 Å². The molecule has 3 heterocycles. The highest BCUT2D eigenvalue weighted by molar-refractivity contribution is 7.09. The van der Waals surface area contributed by atoms with Gasteiger partial charge < -0.3 is 19.7 Å². The first-order chi connectivity index (χ1) is 18.2. The van der Waals surface area contributed by atoms with Crippen LogP contribution in [0.1, 0.15) is 37.4 Å². The van der Waals surface area contributed by atoms with E-state index in [1.165, 1.54) is 23.6 Å². The van der Waals surface area contributed by atoms with Crippen molar-refractivity contribution < 1.29 is 23.1 Å². The molecule has 1 aromatic carbocycles. The van der Waals surface area contributed by atoms with Crippen LogP contribution in [0.4, 0.5) is 8.78 Å². The quantitative estimate of drug-likeness (QED) is 0.296. The number of carbonyl (C=O) groups excluding carboxylic acids is 2. The Kier molecular flexibility index (Phi) is 11.0. The van der Waals surface area contributed by atoms with E-state index in [2.05, 4.69) is 24.9 Å². The maximum Gasteiger partial charge on any atom is 0.286 e. The summed E-state index contributed by atoms with van der Waals surface area (Å²) in [5.41, 5.74) is 3.24. The minimum atomic E-state index is -2.95. The number of carbonyl (C=O) groups is 2. The van der Waals surface area contributed by atoms with Crippen molar-refractivity contribution in [2.75, 3.05) is 33.4 Å². The van der Waals surface area contributed by atoms with E-state index >= 15 is 0 Å². The van der Waals surface area contributed by atoms with Crippen LogP contribution in [0.5, 0.6) is 0 Å². The summed E-state index contributed by atoms with van der Waals surface area (Å²) < 4.78 is 31.3. The number of piperidine rings is 1. The number of rotatable bonds is 9. The van der Waals surface area contributed by atoms with Gasteiger partial charge in [0, 0.05) is 42.8 Å². The number of nitrogens with one attached hydrogen (secondary N) is 1. The normalized spacial score (nSPS) is 15.9. The van der Waals surface area contributed by atoms with Gasteiger partial charge in [0.15, 0.2) is 0 Å². The maximum atomic E-state index is 13.3. The van der Waals surface area contributed by atoms with Gasteiger partial charge in [-0.2, -0.15) is 8.78 Å². The second-order valence-corrected chi connectivity index (χ2v) is 10.1. The van der Waals surface area contributed by atoms with E-state index in [0.717, 1.165) is 66.5 Å². The van der Waals surface area contributed by atoms with Crippen LogP contribution < -0.4 is 5.32 Å². The Morgan fingerprint density at radius 3 is 2.50 bits per heavy atom. The SMILES string of the molecule is CCOCC=O.CN1CCCC(C(=O)NCc2nc(-c3ccc(-c4ccc(C(C)(F)F)nc4)cc3)cs2)C1. The van der Waals surface area contributed by atoms with Crippen molar-refractivity contribution in [1.82, 2.24) is 20.2 Å². The molecule has 10 heteroatoms. The number of pyridine rings is 1. The second-order valence-electron chi connectivity index (χ2n) is 9.17. The Labute approximate surface area is 226 Å². The average molecular weight is 545 g/mol. The first-order valence-corrected chi connectivity index (χ1v) is 13.5. The van der Waals surface area contributed by atoms with Crippen LogP contribution in [0.2, 0.25) is 0 Å². The number of hydrogen-bond acceptors (Lipinski definition) is 7. The lowest BCUT2D eigenvalue weighted by atomic mass is 9.98. The number of ether oxygens (including phenoxy) is 1. The number of alkyl halides is 2. The van der Waals surface area contributed by atoms with Gasteiger partial charge in [-0.1, -0.05) is 30.3 Å². The molecule has 0 aliphatic carbocycles. The number of amides is 1. The van der Waals surface area contributed by atoms with E-state index in [9.17, 15) is 18.4 Å². The summed E-state index contributed by atoms with van der Waals surface area (Å²) >= 11 is 1.52. The first-order valence-electron chi connectivity index (χ1n) is 12.6. The number of aldehydes is 1. The molecule has 1 N–H and O–H groups in total. The van der Waals surface area contributed by atoms with Gasteiger partial charge in [-0.3, -0.25) is 9.78 Å². The lowest BCUT2D eigenvalue weighted by Gasteiger charge is -2.28. The predicted octanol–water partition coefficient (Wildman–Crippen LogP) is 5.16.